The van der Waals surface area contributed by atoms with Crippen molar-refractivity contribution in [1.82, 2.24) is 4.57 Å². The molecular formula is C20H23NO5. The van der Waals surface area contributed by atoms with Crippen LogP contribution in [-0.2, 0) is 11.3 Å². The smallest absolute Gasteiger partial charge is 0.337 e. The van der Waals surface area contributed by atoms with E-state index in [0.29, 0.717) is 29.2 Å². The summed E-state index contributed by atoms with van der Waals surface area (Å²) < 4.78 is 17.6. The molecule has 0 spiro atoms. The van der Waals surface area contributed by atoms with Gasteiger partial charge in [0, 0.05) is 23.5 Å². The standard InChI is InChI=1S/C20H23NO5/c1-6-9-21-13(2)10-16(14(21)3)17(22)12-26-18-8-7-15(20(23)25-5)11-19(18)24-4/h6-8,10-11H,1,9,12H2,2-5H3. The predicted molar refractivity (Wildman–Crippen MR) is 98.3 cm³/mol. The normalized spacial score (nSPS) is 10.3. The van der Waals surface area contributed by atoms with E-state index >= 15 is 0 Å². The molecule has 1 aromatic heterocycles. The fourth-order valence-electron chi connectivity index (χ4n) is 2.75. The number of Topliss-reactive ketones (excluding diaryl/α,β-unsaturated/α-hetero) is 1. The van der Waals surface area contributed by atoms with Gasteiger partial charge in [0.05, 0.1) is 19.8 Å². The fourth-order valence-corrected chi connectivity index (χ4v) is 2.75. The first-order valence-corrected chi connectivity index (χ1v) is 8.12. The van der Waals surface area contributed by atoms with E-state index in [1.54, 1.807) is 18.2 Å². The maximum atomic E-state index is 12.6. The number of benzene rings is 1. The summed E-state index contributed by atoms with van der Waals surface area (Å²) in [6.45, 7) is 8.10. The number of esters is 1. The van der Waals surface area contributed by atoms with Gasteiger partial charge >= 0.3 is 5.97 Å². The highest BCUT2D eigenvalue weighted by atomic mass is 16.5. The number of allylic oxidation sites excluding steroid dienone is 1. The largest absolute Gasteiger partial charge is 0.493 e. The van der Waals surface area contributed by atoms with Crippen LogP contribution in [0.4, 0.5) is 0 Å². The van der Waals surface area contributed by atoms with Crippen molar-refractivity contribution in [3.05, 3.63) is 59.4 Å². The third-order valence-electron chi connectivity index (χ3n) is 4.13. The maximum Gasteiger partial charge on any atom is 0.337 e. The lowest BCUT2D eigenvalue weighted by Gasteiger charge is -2.11. The van der Waals surface area contributed by atoms with Crippen LogP contribution < -0.4 is 9.47 Å². The van der Waals surface area contributed by atoms with Gasteiger partial charge in [0.15, 0.2) is 18.1 Å². The monoisotopic (exact) mass is 357 g/mol. The minimum absolute atomic E-state index is 0.132. The van der Waals surface area contributed by atoms with Crippen LogP contribution in [0.2, 0.25) is 0 Å². The Kier molecular flexibility index (Phi) is 6.22. The second kappa shape index (κ2) is 8.38. The summed E-state index contributed by atoms with van der Waals surface area (Å²) in [5.41, 5.74) is 2.83. The highest BCUT2D eigenvalue weighted by molar-refractivity contribution is 5.98. The number of ether oxygens (including phenoxy) is 3. The number of carbonyl (C=O) groups is 2. The third-order valence-corrected chi connectivity index (χ3v) is 4.13. The number of carbonyl (C=O) groups excluding carboxylic acids is 2. The van der Waals surface area contributed by atoms with E-state index in [1.807, 2.05) is 24.5 Å². The molecule has 0 bridgehead atoms. The Morgan fingerprint density at radius 2 is 1.88 bits per heavy atom. The first-order valence-electron chi connectivity index (χ1n) is 8.12. The fraction of sp³-hybridized carbons (Fsp3) is 0.300. The van der Waals surface area contributed by atoms with Gasteiger partial charge in [-0.1, -0.05) is 6.08 Å². The van der Waals surface area contributed by atoms with E-state index < -0.39 is 5.97 Å². The number of hydrogen-bond acceptors (Lipinski definition) is 5. The zero-order valence-corrected chi connectivity index (χ0v) is 15.5. The second-order valence-corrected chi connectivity index (χ2v) is 5.75. The molecule has 6 nitrogen and oxygen atoms in total. The molecule has 0 radical (unpaired) electrons. The zero-order chi connectivity index (χ0) is 19.3. The number of hydrogen-bond donors (Lipinski definition) is 0. The van der Waals surface area contributed by atoms with Crippen molar-refractivity contribution >= 4 is 11.8 Å². The molecule has 138 valence electrons. The topological polar surface area (TPSA) is 66.8 Å². The van der Waals surface area contributed by atoms with Gasteiger partial charge in [0.1, 0.15) is 0 Å². The number of rotatable bonds is 8. The summed E-state index contributed by atoms with van der Waals surface area (Å²) >= 11 is 0. The minimum Gasteiger partial charge on any atom is -0.493 e. The molecule has 0 aliphatic heterocycles. The van der Waals surface area contributed by atoms with Gasteiger partial charge in [-0.15, -0.1) is 6.58 Å². The van der Waals surface area contributed by atoms with Gasteiger partial charge in [0.2, 0.25) is 5.78 Å². The minimum atomic E-state index is -0.472. The van der Waals surface area contributed by atoms with Gasteiger partial charge in [-0.3, -0.25) is 4.79 Å². The average molecular weight is 357 g/mol. The van der Waals surface area contributed by atoms with Crippen LogP contribution in [0.25, 0.3) is 0 Å². The van der Waals surface area contributed by atoms with Crippen molar-refractivity contribution in [2.24, 2.45) is 0 Å². The van der Waals surface area contributed by atoms with Crippen molar-refractivity contribution in [3.8, 4) is 11.5 Å². The lowest BCUT2D eigenvalue weighted by atomic mass is 10.1. The summed E-state index contributed by atoms with van der Waals surface area (Å²) in [5.74, 6) is 0.138. The lowest BCUT2D eigenvalue weighted by molar-refractivity contribution is 0.0600. The summed E-state index contributed by atoms with van der Waals surface area (Å²) in [6.07, 6.45) is 1.79. The Morgan fingerprint density at radius 1 is 1.15 bits per heavy atom. The maximum absolute atomic E-state index is 12.6. The molecule has 0 aliphatic rings. The van der Waals surface area contributed by atoms with Crippen LogP contribution in [0, 0.1) is 13.8 Å². The Labute approximate surface area is 153 Å². The highest BCUT2D eigenvalue weighted by Gasteiger charge is 2.17. The van der Waals surface area contributed by atoms with Crippen LogP contribution >= 0.6 is 0 Å². The molecule has 2 rings (SSSR count). The molecule has 26 heavy (non-hydrogen) atoms. The van der Waals surface area contributed by atoms with Gasteiger partial charge < -0.3 is 18.8 Å². The van der Waals surface area contributed by atoms with Crippen LogP contribution in [0.5, 0.6) is 11.5 Å². The summed E-state index contributed by atoms with van der Waals surface area (Å²) in [7, 11) is 2.77. The van der Waals surface area contributed by atoms with Crippen LogP contribution in [0.15, 0.2) is 36.9 Å². The second-order valence-electron chi connectivity index (χ2n) is 5.75. The van der Waals surface area contributed by atoms with E-state index in [4.69, 9.17) is 9.47 Å². The van der Waals surface area contributed by atoms with Crippen LogP contribution in [0.3, 0.4) is 0 Å². The van der Waals surface area contributed by atoms with E-state index in [2.05, 4.69) is 11.3 Å². The molecule has 0 unspecified atom stereocenters. The van der Waals surface area contributed by atoms with Crippen molar-refractivity contribution in [3.63, 3.8) is 0 Å². The first-order chi connectivity index (χ1) is 12.4. The van der Waals surface area contributed by atoms with E-state index in [-0.39, 0.29) is 12.4 Å². The van der Waals surface area contributed by atoms with Gasteiger partial charge in [-0.25, -0.2) is 4.79 Å². The molecular weight excluding hydrogens is 334 g/mol. The molecule has 0 amide bonds. The number of nitrogens with zero attached hydrogens (tertiary/aromatic N) is 1. The molecule has 6 heteroatoms. The third kappa shape index (κ3) is 3.96. The lowest BCUT2D eigenvalue weighted by Crippen LogP contribution is -2.13. The highest BCUT2D eigenvalue weighted by Crippen LogP contribution is 2.28. The summed E-state index contributed by atoms with van der Waals surface area (Å²) in [4.78, 5) is 24.1. The molecule has 2 aromatic rings. The van der Waals surface area contributed by atoms with E-state index in [9.17, 15) is 9.59 Å². The predicted octanol–water partition coefficient (Wildman–Crippen LogP) is 3.35. The molecule has 0 N–H and O–H groups in total. The molecule has 0 atom stereocenters. The Bertz CT molecular complexity index is 835. The van der Waals surface area contributed by atoms with Crippen molar-refractivity contribution < 1.29 is 23.8 Å². The van der Waals surface area contributed by atoms with Crippen molar-refractivity contribution in [2.75, 3.05) is 20.8 Å². The van der Waals surface area contributed by atoms with Gasteiger partial charge in [0.25, 0.3) is 0 Å². The first kappa shape index (κ1) is 19.3. The molecule has 1 aromatic carbocycles. The molecule has 0 saturated heterocycles. The average Bonchev–Trinajstić information content (AvgIpc) is 2.93. The van der Waals surface area contributed by atoms with Crippen LogP contribution in [-0.4, -0.2) is 37.1 Å². The number of methoxy groups -OCH3 is 2. The Hall–Kier alpha value is -3.02. The molecule has 0 aliphatic carbocycles. The van der Waals surface area contributed by atoms with Crippen molar-refractivity contribution in [2.45, 2.75) is 20.4 Å². The zero-order valence-electron chi connectivity index (χ0n) is 15.5. The van der Waals surface area contributed by atoms with Crippen molar-refractivity contribution in [1.29, 1.82) is 0 Å². The summed E-state index contributed by atoms with van der Waals surface area (Å²) in [5, 5.41) is 0. The quantitative estimate of drug-likeness (QED) is 0.412. The van der Waals surface area contributed by atoms with Gasteiger partial charge in [-0.2, -0.15) is 0 Å². The molecule has 0 saturated carbocycles. The Balaban J connectivity index is 2.16. The Morgan fingerprint density at radius 3 is 2.50 bits per heavy atom. The van der Waals surface area contributed by atoms with Gasteiger partial charge in [-0.05, 0) is 38.1 Å². The number of aryl methyl sites for hydroxylation is 1. The van der Waals surface area contributed by atoms with E-state index in [0.717, 1.165) is 11.4 Å². The SMILES string of the molecule is C=CCn1c(C)cc(C(=O)COc2ccc(C(=O)OC)cc2OC)c1C. The number of ketones is 1. The molecule has 0 fully saturated rings. The van der Waals surface area contributed by atoms with E-state index in [1.165, 1.54) is 20.3 Å². The van der Waals surface area contributed by atoms with Crippen LogP contribution in [0.1, 0.15) is 32.1 Å². The molecule has 1 heterocycles. The number of aromatic nitrogens is 1. The summed E-state index contributed by atoms with van der Waals surface area (Å²) in [6, 6.07) is 6.51.